The SMILES string of the molecule is C[C@H]([C@H](O)CC(CO)C(C)(C)O)[C@H]1CC[C@H]2[C@@H]3CC=C4CC(O)CC[C@]4(C)[C@H]3CC[C@]12C. The third kappa shape index (κ3) is 4.01. The van der Waals surface area contributed by atoms with Crippen molar-refractivity contribution in [2.45, 2.75) is 110 Å². The Morgan fingerprint density at radius 3 is 2.47 bits per heavy atom. The highest BCUT2D eigenvalue weighted by Crippen LogP contribution is 2.67. The number of aliphatic hydroxyl groups is 4. The molecule has 0 radical (unpaired) electrons. The number of aliphatic hydroxyl groups excluding tert-OH is 3. The number of fused-ring (bicyclic) bond motifs is 5. The highest BCUT2D eigenvalue weighted by molar-refractivity contribution is 5.25. The molecule has 0 spiro atoms. The summed E-state index contributed by atoms with van der Waals surface area (Å²) in [5, 5.41) is 41.5. The Bertz CT molecular complexity index is 711. The summed E-state index contributed by atoms with van der Waals surface area (Å²) in [7, 11) is 0. The van der Waals surface area contributed by atoms with Gasteiger partial charge >= 0.3 is 0 Å². The van der Waals surface area contributed by atoms with Gasteiger partial charge in [0.1, 0.15) is 0 Å². The van der Waals surface area contributed by atoms with Crippen molar-refractivity contribution < 1.29 is 20.4 Å². The van der Waals surface area contributed by atoms with Gasteiger partial charge < -0.3 is 20.4 Å². The Labute approximate surface area is 195 Å². The minimum atomic E-state index is -0.981. The first-order valence-corrected chi connectivity index (χ1v) is 13.3. The van der Waals surface area contributed by atoms with E-state index in [1.807, 2.05) is 0 Å². The third-order valence-electron chi connectivity index (χ3n) is 11.1. The van der Waals surface area contributed by atoms with Gasteiger partial charge in [0.2, 0.25) is 0 Å². The van der Waals surface area contributed by atoms with Crippen LogP contribution in [0.5, 0.6) is 0 Å². The zero-order valence-corrected chi connectivity index (χ0v) is 21.1. The first-order chi connectivity index (χ1) is 14.9. The van der Waals surface area contributed by atoms with Crippen molar-refractivity contribution in [3.8, 4) is 0 Å². The summed E-state index contributed by atoms with van der Waals surface area (Å²) in [6, 6.07) is 0. The van der Waals surface area contributed by atoms with Gasteiger partial charge in [0.05, 0.1) is 17.8 Å². The van der Waals surface area contributed by atoms with Crippen LogP contribution in [0.25, 0.3) is 0 Å². The topological polar surface area (TPSA) is 80.9 Å². The van der Waals surface area contributed by atoms with Crippen LogP contribution in [-0.4, -0.2) is 44.8 Å². The molecule has 4 N–H and O–H groups in total. The van der Waals surface area contributed by atoms with Gasteiger partial charge in [-0.1, -0.05) is 32.4 Å². The molecule has 0 bridgehead atoms. The molecule has 4 aliphatic carbocycles. The molecule has 2 unspecified atom stereocenters. The van der Waals surface area contributed by atoms with Crippen molar-refractivity contribution in [3.05, 3.63) is 11.6 Å². The fourth-order valence-electron chi connectivity index (χ4n) is 8.91. The first-order valence-electron chi connectivity index (χ1n) is 13.3. The molecule has 184 valence electrons. The molecule has 10 atom stereocenters. The third-order valence-corrected chi connectivity index (χ3v) is 11.1. The Balaban J connectivity index is 1.50. The highest BCUT2D eigenvalue weighted by Gasteiger charge is 2.59. The average molecular weight is 449 g/mol. The van der Waals surface area contributed by atoms with E-state index in [-0.39, 0.29) is 35.4 Å². The number of hydrogen-bond donors (Lipinski definition) is 4. The number of hydrogen-bond acceptors (Lipinski definition) is 4. The van der Waals surface area contributed by atoms with Crippen molar-refractivity contribution in [1.29, 1.82) is 0 Å². The van der Waals surface area contributed by atoms with E-state index >= 15 is 0 Å². The molecule has 0 aromatic rings. The monoisotopic (exact) mass is 448 g/mol. The zero-order chi connectivity index (χ0) is 23.5. The van der Waals surface area contributed by atoms with E-state index in [1.54, 1.807) is 13.8 Å². The molecule has 3 fully saturated rings. The lowest BCUT2D eigenvalue weighted by Crippen LogP contribution is -2.51. The van der Waals surface area contributed by atoms with Crippen molar-refractivity contribution in [2.24, 2.45) is 46.3 Å². The first kappa shape index (κ1) is 24.7. The fraction of sp³-hybridized carbons (Fsp3) is 0.929. The second-order valence-electron chi connectivity index (χ2n) is 13.1. The molecule has 0 heterocycles. The lowest BCUT2D eigenvalue weighted by molar-refractivity contribution is -0.0781. The molecule has 0 aromatic heterocycles. The van der Waals surface area contributed by atoms with Gasteiger partial charge in [-0.2, -0.15) is 0 Å². The van der Waals surface area contributed by atoms with E-state index in [0.717, 1.165) is 37.5 Å². The summed E-state index contributed by atoms with van der Waals surface area (Å²) < 4.78 is 0. The summed E-state index contributed by atoms with van der Waals surface area (Å²) in [6.07, 6.45) is 11.4. The van der Waals surface area contributed by atoms with Crippen LogP contribution >= 0.6 is 0 Å². The minimum Gasteiger partial charge on any atom is -0.396 e. The van der Waals surface area contributed by atoms with E-state index in [1.165, 1.54) is 31.3 Å². The van der Waals surface area contributed by atoms with Crippen LogP contribution in [0.3, 0.4) is 0 Å². The second-order valence-corrected chi connectivity index (χ2v) is 13.1. The molecular weight excluding hydrogens is 400 g/mol. The Kier molecular flexibility index (Phi) is 6.68. The van der Waals surface area contributed by atoms with Crippen molar-refractivity contribution in [3.63, 3.8) is 0 Å². The molecule has 32 heavy (non-hydrogen) atoms. The summed E-state index contributed by atoms with van der Waals surface area (Å²) in [5.74, 6) is 2.55. The Morgan fingerprint density at radius 2 is 1.81 bits per heavy atom. The highest BCUT2D eigenvalue weighted by atomic mass is 16.3. The van der Waals surface area contributed by atoms with Crippen LogP contribution < -0.4 is 0 Å². The predicted octanol–water partition coefficient (Wildman–Crippen LogP) is 4.69. The van der Waals surface area contributed by atoms with Gasteiger partial charge in [0.25, 0.3) is 0 Å². The molecule has 0 aliphatic heterocycles. The average Bonchev–Trinajstić information content (AvgIpc) is 3.08. The maximum Gasteiger partial charge on any atom is 0.0642 e. The summed E-state index contributed by atoms with van der Waals surface area (Å²) in [6.45, 7) is 10.6. The lowest BCUT2D eigenvalue weighted by atomic mass is 9.47. The van der Waals surface area contributed by atoms with Gasteiger partial charge in [0.15, 0.2) is 0 Å². The van der Waals surface area contributed by atoms with E-state index in [0.29, 0.717) is 18.3 Å². The largest absolute Gasteiger partial charge is 0.396 e. The van der Waals surface area contributed by atoms with E-state index in [9.17, 15) is 20.4 Å². The molecule has 4 heteroatoms. The van der Waals surface area contributed by atoms with Gasteiger partial charge in [0, 0.05) is 12.5 Å². The second kappa shape index (κ2) is 8.66. The van der Waals surface area contributed by atoms with Gasteiger partial charge in [-0.25, -0.2) is 0 Å². The van der Waals surface area contributed by atoms with Gasteiger partial charge in [-0.3, -0.25) is 0 Å². The van der Waals surface area contributed by atoms with E-state index in [4.69, 9.17) is 0 Å². The molecule has 0 aromatic carbocycles. The predicted molar refractivity (Wildman–Crippen MR) is 128 cm³/mol. The van der Waals surface area contributed by atoms with Crippen LogP contribution in [0.4, 0.5) is 0 Å². The van der Waals surface area contributed by atoms with Crippen LogP contribution in [0, 0.1) is 46.3 Å². The number of rotatable bonds is 6. The summed E-state index contributed by atoms with van der Waals surface area (Å²) >= 11 is 0. The Morgan fingerprint density at radius 1 is 1.09 bits per heavy atom. The standard InChI is InChI=1S/C28H48O4/c1-17(25(31)15-19(16-29)26(2,3)32)22-8-9-23-21-7-6-18-14-20(30)10-12-27(18,4)24(21)11-13-28(22,23)5/h6,17,19-25,29-32H,7-16H2,1-5H3/t17-,19?,20?,21-,22+,23-,24-,25+,27-,28+/m0/s1. The summed E-state index contributed by atoms with van der Waals surface area (Å²) in [5.41, 5.74) is 1.08. The minimum absolute atomic E-state index is 0.0937. The number of allylic oxidation sites excluding steroid dienone is 1. The van der Waals surface area contributed by atoms with Crippen molar-refractivity contribution in [1.82, 2.24) is 0 Å². The smallest absolute Gasteiger partial charge is 0.0642 e. The van der Waals surface area contributed by atoms with Crippen molar-refractivity contribution in [2.75, 3.05) is 6.61 Å². The summed E-state index contributed by atoms with van der Waals surface area (Å²) in [4.78, 5) is 0. The lowest BCUT2D eigenvalue weighted by Gasteiger charge is -2.58. The normalized spacial score (nSPS) is 44.7. The fourth-order valence-corrected chi connectivity index (χ4v) is 8.91. The quantitative estimate of drug-likeness (QED) is 0.444. The van der Waals surface area contributed by atoms with E-state index < -0.39 is 11.7 Å². The van der Waals surface area contributed by atoms with Crippen LogP contribution in [-0.2, 0) is 0 Å². The maximum atomic E-state index is 11.1. The van der Waals surface area contributed by atoms with Gasteiger partial charge in [-0.15, -0.1) is 0 Å². The van der Waals surface area contributed by atoms with Crippen LogP contribution in [0.1, 0.15) is 92.4 Å². The zero-order valence-electron chi connectivity index (χ0n) is 21.1. The van der Waals surface area contributed by atoms with Crippen LogP contribution in [0.2, 0.25) is 0 Å². The molecule has 4 rings (SSSR count). The Hall–Kier alpha value is -0.420. The maximum absolute atomic E-state index is 11.1. The van der Waals surface area contributed by atoms with Gasteiger partial charge in [-0.05, 0) is 112 Å². The molecule has 4 nitrogen and oxygen atoms in total. The van der Waals surface area contributed by atoms with Crippen LogP contribution in [0.15, 0.2) is 11.6 Å². The molecular formula is C28H48O4. The van der Waals surface area contributed by atoms with E-state index in [2.05, 4.69) is 26.8 Å². The molecule has 4 aliphatic rings. The molecule has 0 amide bonds. The van der Waals surface area contributed by atoms with Crippen molar-refractivity contribution >= 4 is 0 Å². The molecule has 3 saturated carbocycles. The molecule has 0 saturated heterocycles.